The zero-order chi connectivity index (χ0) is 15.4. The van der Waals surface area contributed by atoms with Crippen molar-refractivity contribution in [3.8, 4) is 0 Å². The van der Waals surface area contributed by atoms with E-state index < -0.39 is 0 Å². The summed E-state index contributed by atoms with van der Waals surface area (Å²) in [6.45, 7) is 15.0. The topological polar surface area (TPSA) is 15.3 Å². The molecule has 0 amide bonds. The number of nitrogens with one attached hydrogen (secondary N) is 1. The van der Waals surface area contributed by atoms with Crippen molar-refractivity contribution in [2.45, 2.75) is 59.5 Å². The lowest BCUT2D eigenvalue weighted by Gasteiger charge is -2.32. The smallest absolute Gasteiger partial charge is 0.0295 e. The molecule has 1 aromatic carbocycles. The highest BCUT2D eigenvalue weighted by atomic mass is 15.2. The molecule has 1 aliphatic heterocycles. The zero-order valence-corrected chi connectivity index (χ0v) is 14.4. The van der Waals surface area contributed by atoms with Gasteiger partial charge in [0.15, 0.2) is 0 Å². The van der Waals surface area contributed by atoms with Crippen LogP contribution in [0.4, 0.5) is 0 Å². The summed E-state index contributed by atoms with van der Waals surface area (Å²) in [5, 5.41) is 3.78. The van der Waals surface area contributed by atoms with E-state index in [1.807, 2.05) is 0 Å². The third-order valence-electron chi connectivity index (χ3n) is 4.90. The van der Waals surface area contributed by atoms with E-state index in [0.29, 0.717) is 18.0 Å². The van der Waals surface area contributed by atoms with Crippen LogP contribution in [-0.4, -0.2) is 30.6 Å². The van der Waals surface area contributed by atoms with Crippen LogP contribution in [0.1, 0.15) is 56.3 Å². The zero-order valence-electron chi connectivity index (χ0n) is 14.4. The van der Waals surface area contributed by atoms with Gasteiger partial charge in [0, 0.05) is 18.6 Å². The van der Waals surface area contributed by atoms with Crippen LogP contribution in [0, 0.1) is 19.8 Å². The molecule has 2 heteroatoms. The SMILES string of the molecule is Cc1ccc(C(C)NCC(C(C)C)N2CCCC2)c(C)c1. The number of aryl methyl sites for hydroxylation is 2. The Bertz CT molecular complexity index is 447. The molecule has 0 saturated carbocycles. The molecule has 1 heterocycles. The molecule has 1 N–H and O–H groups in total. The minimum absolute atomic E-state index is 0.425. The molecule has 0 bridgehead atoms. The van der Waals surface area contributed by atoms with Gasteiger partial charge in [-0.1, -0.05) is 37.6 Å². The molecule has 0 spiro atoms. The van der Waals surface area contributed by atoms with Crippen molar-refractivity contribution in [1.29, 1.82) is 0 Å². The highest BCUT2D eigenvalue weighted by Crippen LogP contribution is 2.21. The van der Waals surface area contributed by atoms with Gasteiger partial charge in [0.25, 0.3) is 0 Å². The van der Waals surface area contributed by atoms with Gasteiger partial charge >= 0.3 is 0 Å². The number of likely N-dealkylation sites (tertiary alicyclic amines) is 1. The van der Waals surface area contributed by atoms with E-state index in [0.717, 1.165) is 6.54 Å². The summed E-state index contributed by atoms with van der Waals surface area (Å²) in [5.74, 6) is 0.710. The average Bonchev–Trinajstić information content (AvgIpc) is 2.92. The highest BCUT2D eigenvalue weighted by Gasteiger charge is 2.24. The van der Waals surface area contributed by atoms with Crippen LogP contribution in [0.25, 0.3) is 0 Å². The van der Waals surface area contributed by atoms with Gasteiger partial charge in [0.2, 0.25) is 0 Å². The van der Waals surface area contributed by atoms with Gasteiger partial charge in [0.1, 0.15) is 0 Å². The fourth-order valence-electron chi connectivity index (χ4n) is 3.58. The molecule has 0 aliphatic carbocycles. The standard InChI is InChI=1S/C19H32N2/c1-14(2)19(21-10-6-7-11-21)13-20-17(5)18-9-8-15(3)12-16(18)4/h8-9,12,14,17,19-20H,6-7,10-11,13H2,1-5H3. The Kier molecular flexibility index (Phi) is 5.83. The van der Waals surface area contributed by atoms with Crippen LogP contribution in [0.3, 0.4) is 0 Å². The largest absolute Gasteiger partial charge is 0.309 e. The van der Waals surface area contributed by atoms with Gasteiger partial charge < -0.3 is 5.32 Å². The van der Waals surface area contributed by atoms with Crippen molar-refractivity contribution in [1.82, 2.24) is 10.2 Å². The lowest BCUT2D eigenvalue weighted by atomic mass is 9.98. The minimum atomic E-state index is 0.425. The van der Waals surface area contributed by atoms with Crippen LogP contribution in [0.15, 0.2) is 18.2 Å². The van der Waals surface area contributed by atoms with Gasteiger partial charge in [0.05, 0.1) is 0 Å². The fourth-order valence-corrected chi connectivity index (χ4v) is 3.58. The van der Waals surface area contributed by atoms with Crippen molar-refractivity contribution < 1.29 is 0 Å². The summed E-state index contributed by atoms with van der Waals surface area (Å²) in [6, 6.07) is 7.88. The molecule has 0 radical (unpaired) electrons. The molecule has 2 atom stereocenters. The first-order chi connectivity index (χ1) is 9.99. The molecule has 1 fully saturated rings. The van der Waals surface area contributed by atoms with Gasteiger partial charge in [-0.2, -0.15) is 0 Å². The van der Waals surface area contributed by atoms with Crippen molar-refractivity contribution in [2.75, 3.05) is 19.6 Å². The second-order valence-electron chi connectivity index (χ2n) is 7.04. The van der Waals surface area contributed by atoms with E-state index in [4.69, 9.17) is 0 Å². The maximum absolute atomic E-state index is 3.78. The van der Waals surface area contributed by atoms with E-state index >= 15 is 0 Å². The van der Waals surface area contributed by atoms with Crippen molar-refractivity contribution >= 4 is 0 Å². The Morgan fingerprint density at radius 2 is 1.76 bits per heavy atom. The summed E-state index contributed by atoms with van der Waals surface area (Å²) < 4.78 is 0. The van der Waals surface area contributed by atoms with Crippen LogP contribution < -0.4 is 5.32 Å². The Labute approximate surface area is 130 Å². The second kappa shape index (κ2) is 7.42. The van der Waals surface area contributed by atoms with E-state index in [1.165, 1.54) is 42.6 Å². The van der Waals surface area contributed by atoms with Crippen LogP contribution in [0.5, 0.6) is 0 Å². The summed E-state index contributed by atoms with van der Waals surface area (Å²) >= 11 is 0. The van der Waals surface area contributed by atoms with Crippen LogP contribution >= 0.6 is 0 Å². The van der Waals surface area contributed by atoms with Gasteiger partial charge in [-0.05, 0) is 63.7 Å². The molecule has 118 valence electrons. The number of hydrogen-bond donors (Lipinski definition) is 1. The van der Waals surface area contributed by atoms with Crippen molar-refractivity contribution in [3.05, 3.63) is 34.9 Å². The highest BCUT2D eigenvalue weighted by molar-refractivity contribution is 5.32. The molecule has 1 aromatic rings. The van der Waals surface area contributed by atoms with Gasteiger partial charge in [-0.15, -0.1) is 0 Å². The summed E-state index contributed by atoms with van der Waals surface area (Å²) in [6.07, 6.45) is 2.74. The van der Waals surface area contributed by atoms with Crippen LogP contribution in [-0.2, 0) is 0 Å². The summed E-state index contributed by atoms with van der Waals surface area (Å²) in [5.41, 5.74) is 4.18. The van der Waals surface area contributed by atoms with E-state index in [-0.39, 0.29) is 0 Å². The van der Waals surface area contributed by atoms with Gasteiger partial charge in [-0.25, -0.2) is 0 Å². The predicted molar refractivity (Wildman–Crippen MR) is 91.8 cm³/mol. The summed E-state index contributed by atoms with van der Waals surface area (Å²) in [7, 11) is 0. The quantitative estimate of drug-likeness (QED) is 0.848. The molecule has 2 nitrogen and oxygen atoms in total. The maximum Gasteiger partial charge on any atom is 0.0295 e. The third-order valence-corrected chi connectivity index (χ3v) is 4.90. The second-order valence-corrected chi connectivity index (χ2v) is 7.04. The molecule has 2 rings (SSSR count). The summed E-state index contributed by atoms with van der Waals surface area (Å²) in [4.78, 5) is 2.67. The molecular formula is C19H32N2. The predicted octanol–water partition coefficient (Wildman–Crippen LogP) is 4.07. The number of benzene rings is 1. The number of rotatable bonds is 6. The Morgan fingerprint density at radius 3 is 2.33 bits per heavy atom. The third kappa shape index (κ3) is 4.31. The Balaban J connectivity index is 1.96. The van der Waals surface area contributed by atoms with Gasteiger partial charge in [-0.3, -0.25) is 4.90 Å². The molecule has 1 aliphatic rings. The first kappa shape index (κ1) is 16.5. The van der Waals surface area contributed by atoms with E-state index in [9.17, 15) is 0 Å². The molecule has 1 saturated heterocycles. The van der Waals surface area contributed by atoms with E-state index in [1.54, 1.807) is 0 Å². The number of hydrogen-bond acceptors (Lipinski definition) is 2. The lowest BCUT2D eigenvalue weighted by molar-refractivity contribution is 0.183. The Hall–Kier alpha value is -0.860. The van der Waals surface area contributed by atoms with E-state index in [2.05, 4.69) is 63.0 Å². The van der Waals surface area contributed by atoms with Crippen molar-refractivity contribution in [2.24, 2.45) is 5.92 Å². The first-order valence-corrected chi connectivity index (χ1v) is 8.53. The molecule has 0 aromatic heterocycles. The van der Waals surface area contributed by atoms with Crippen molar-refractivity contribution in [3.63, 3.8) is 0 Å². The normalized spacial score (nSPS) is 19.1. The minimum Gasteiger partial charge on any atom is -0.309 e. The lowest BCUT2D eigenvalue weighted by Crippen LogP contribution is -2.44. The first-order valence-electron chi connectivity index (χ1n) is 8.53. The Morgan fingerprint density at radius 1 is 1.10 bits per heavy atom. The fraction of sp³-hybridized carbons (Fsp3) is 0.684. The maximum atomic E-state index is 3.78. The molecular weight excluding hydrogens is 256 g/mol. The number of nitrogens with zero attached hydrogens (tertiary/aromatic N) is 1. The monoisotopic (exact) mass is 288 g/mol. The average molecular weight is 288 g/mol. The molecule has 2 unspecified atom stereocenters. The van der Waals surface area contributed by atoms with Crippen LogP contribution in [0.2, 0.25) is 0 Å². The molecule has 21 heavy (non-hydrogen) atoms.